The van der Waals surface area contributed by atoms with E-state index in [1.54, 1.807) is 36.5 Å². The molecule has 0 aliphatic carbocycles. The van der Waals surface area contributed by atoms with Crippen LogP contribution in [0.5, 0.6) is 0 Å². The number of imide groups is 1. The minimum absolute atomic E-state index is 0.239. The summed E-state index contributed by atoms with van der Waals surface area (Å²) in [5.41, 5.74) is 7.51. The zero-order valence-electron chi connectivity index (χ0n) is 14.0. The van der Waals surface area contributed by atoms with Crippen molar-refractivity contribution < 1.29 is 9.59 Å². The Hall–Kier alpha value is -2.60. The van der Waals surface area contributed by atoms with Gasteiger partial charge in [-0.3, -0.25) is 14.5 Å². The number of nitrogens with two attached hydrogens (primary N) is 1. The van der Waals surface area contributed by atoms with E-state index >= 15 is 0 Å². The summed E-state index contributed by atoms with van der Waals surface area (Å²) in [7, 11) is 0. The number of halogens is 1. The fraction of sp³-hybridized carbons (Fsp3) is 0.278. The molecule has 0 fully saturated rings. The largest absolute Gasteiger partial charge is 0.395 e. The van der Waals surface area contributed by atoms with Crippen molar-refractivity contribution in [2.45, 2.75) is 13.8 Å². The number of nitrogens with zero attached hydrogens (tertiary/aromatic N) is 2. The lowest BCUT2D eigenvalue weighted by Gasteiger charge is -2.30. The summed E-state index contributed by atoms with van der Waals surface area (Å²) >= 11 is 5.92. The standard InChI is InChI=1S/C18H19ClN4O2/c1-18(2,9-22-13-7-8-21-15(19)14(13)20)10-23-16(24)11-5-3-4-6-12(11)17(23)25/h3-8H,9-10,20H2,1-2H3,(H,21,22). The number of nitrogens with one attached hydrogen (secondary N) is 1. The van der Waals surface area contributed by atoms with E-state index in [1.165, 1.54) is 4.90 Å². The molecule has 0 saturated heterocycles. The number of pyridine rings is 1. The molecule has 25 heavy (non-hydrogen) atoms. The smallest absolute Gasteiger partial charge is 0.261 e. The Labute approximate surface area is 151 Å². The van der Waals surface area contributed by atoms with Gasteiger partial charge in [0.1, 0.15) is 0 Å². The molecule has 0 bridgehead atoms. The highest BCUT2D eigenvalue weighted by Gasteiger charge is 2.38. The van der Waals surface area contributed by atoms with Crippen LogP contribution in [0.2, 0.25) is 5.15 Å². The van der Waals surface area contributed by atoms with Crippen LogP contribution < -0.4 is 11.1 Å². The third-order valence-electron chi connectivity index (χ3n) is 4.16. The van der Waals surface area contributed by atoms with Gasteiger partial charge in [-0.1, -0.05) is 37.6 Å². The molecular formula is C18H19ClN4O2. The Morgan fingerprint density at radius 3 is 2.36 bits per heavy atom. The Balaban J connectivity index is 1.71. The molecule has 0 spiro atoms. The maximum Gasteiger partial charge on any atom is 0.261 e. The monoisotopic (exact) mass is 358 g/mol. The molecule has 0 atom stereocenters. The molecule has 0 saturated carbocycles. The van der Waals surface area contributed by atoms with Gasteiger partial charge in [0, 0.05) is 24.7 Å². The summed E-state index contributed by atoms with van der Waals surface area (Å²) in [6.45, 7) is 4.75. The van der Waals surface area contributed by atoms with Crippen molar-refractivity contribution in [1.82, 2.24) is 9.88 Å². The second kappa shape index (κ2) is 6.37. The van der Waals surface area contributed by atoms with Gasteiger partial charge in [0.25, 0.3) is 11.8 Å². The van der Waals surface area contributed by atoms with Gasteiger partial charge in [-0.05, 0) is 18.2 Å². The number of nitrogen functional groups attached to an aromatic ring is 1. The summed E-state index contributed by atoms with van der Waals surface area (Å²) in [6, 6.07) is 8.62. The molecule has 3 N–H and O–H groups in total. The van der Waals surface area contributed by atoms with Crippen molar-refractivity contribution in [3.63, 3.8) is 0 Å². The lowest BCUT2D eigenvalue weighted by molar-refractivity contribution is 0.0597. The van der Waals surface area contributed by atoms with Gasteiger partial charge in [0.15, 0.2) is 5.15 Å². The molecule has 1 aliphatic rings. The second-order valence-corrected chi connectivity index (χ2v) is 7.18. The van der Waals surface area contributed by atoms with Crippen molar-refractivity contribution >= 4 is 34.8 Å². The SMILES string of the molecule is CC(C)(CNc1ccnc(Cl)c1N)CN1C(=O)c2ccccc2C1=O. The van der Waals surface area contributed by atoms with Crippen LogP contribution in [0.3, 0.4) is 0 Å². The van der Waals surface area contributed by atoms with Crippen LogP contribution in [0.25, 0.3) is 0 Å². The average Bonchev–Trinajstić information content (AvgIpc) is 2.81. The van der Waals surface area contributed by atoms with Crippen molar-refractivity contribution in [2.24, 2.45) is 5.41 Å². The molecule has 130 valence electrons. The van der Waals surface area contributed by atoms with Crippen LogP contribution in [0.4, 0.5) is 11.4 Å². The van der Waals surface area contributed by atoms with Gasteiger partial charge in [-0.25, -0.2) is 4.98 Å². The first-order valence-electron chi connectivity index (χ1n) is 7.89. The minimum Gasteiger partial charge on any atom is -0.395 e. The summed E-state index contributed by atoms with van der Waals surface area (Å²) in [5.74, 6) is -0.500. The molecule has 1 aromatic carbocycles. The number of amides is 2. The van der Waals surface area contributed by atoms with E-state index in [4.69, 9.17) is 17.3 Å². The van der Waals surface area contributed by atoms with Gasteiger partial charge in [0.2, 0.25) is 0 Å². The Morgan fingerprint density at radius 2 is 1.76 bits per heavy atom. The number of carbonyl (C=O) groups is 2. The van der Waals surface area contributed by atoms with Crippen LogP contribution in [0.15, 0.2) is 36.5 Å². The molecule has 2 heterocycles. The van der Waals surface area contributed by atoms with Crippen molar-refractivity contribution in [2.75, 3.05) is 24.1 Å². The molecule has 1 aliphatic heterocycles. The lowest BCUT2D eigenvalue weighted by Crippen LogP contribution is -2.41. The van der Waals surface area contributed by atoms with Crippen LogP contribution in [0, 0.1) is 5.41 Å². The minimum atomic E-state index is -0.366. The van der Waals surface area contributed by atoms with Crippen molar-refractivity contribution in [1.29, 1.82) is 0 Å². The van der Waals surface area contributed by atoms with Gasteiger partial charge in [-0.15, -0.1) is 0 Å². The van der Waals surface area contributed by atoms with Crippen LogP contribution in [-0.4, -0.2) is 34.8 Å². The summed E-state index contributed by atoms with van der Waals surface area (Å²) in [6.07, 6.45) is 1.57. The zero-order chi connectivity index (χ0) is 18.2. The third kappa shape index (κ3) is 3.30. The zero-order valence-corrected chi connectivity index (χ0v) is 14.8. The second-order valence-electron chi connectivity index (χ2n) is 6.82. The van der Waals surface area contributed by atoms with E-state index in [0.29, 0.717) is 35.6 Å². The predicted octanol–water partition coefficient (Wildman–Crippen LogP) is 3.05. The lowest BCUT2D eigenvalue weighted by atomic mass is 9.92. The normalized spacial score (nSPS) is 14.0. The van der Waals surface area contributed by atoms with Crippen molar-refractivity contribution in [3.8, 4) is 0 Å². The molecule has 7 heteroatoms. The van der Waals surface area contributed by atoms with E-state index < -0.39 is 0 Å². The highest BCUT2D eigenvalue weighted by atomic mass is 35.5. The number of carbonyl (C=O) groups excluding carboxylic acids is 2. The van der Waals surface area contributed by atoms with E-state index in [1.807, 2.05) is 13.8 Å². The quantitative estimate of drug-likeness (QED) is 0.633. The molecule has 2 amide bonds. The highest BCUT2D eigenvalue weighted by Crippen LogP contribution is 2.29. The molecule has 0 unspecified atom stereocenters. The van der Waals surface area contributed by atoms with Gasteiger partial charge in [-0.2, -0.15) is 0 Å². The fourth-order valence-corrected chi connectivity index (χ4v) is 2.96. The number of fused-ring (bicyclic) bond motifs is 1. The van der Waals surface area contributed by atoms with E-state index in [0.717, 1.165) is 0 Å². The number of benzene rings is 1. The predicted molar refractivity (Wildman–Crippen MR) is 97.7 cm³/mol. The number of rotatable bonds is 5. The molecule has 2 aromatic rings. The van der Waals surface area contributed by atoms with E-state index in [-0.39, 0.29) is 22.4 Å². The summed E-state index contributed by atoms with van der Waals surface area (Å²) in [4.78, 5) is 30.2. The number of hydrogen-bond acceptors (Lipinski definition) is 5. The van der Waals surface area contributed by atoms with Gasteiger partial charge >= 0.3 is 0 Å². The molecular weight excluding hydrogens is 340 g/mol. The Kier molecular flexibility index (Phi) is 4.39. The van der Waals surface area contributed by atoms with Crippen LogP contribution in [0.1, 0.15) is 34.6 Å². The van der Waals surface area contributed by atoms with E-state index in [9.17, 15) is 9.59 Å². The fourth-order valence-electron chi connectivity index (χ4n) is 2.80. The first-order valence-corrected chi connectivity index (χ1v) is 8.27. The molecule has 0 radical (unpaired) electrons. The van der Waals surface area contributed by atoms with Crippen LogP contribution >= 0.6 is 11.6 Å². The Bertz CT molecular complexity index is 816. The molecule has 6 nitrogen and oxygen atoms in total. The maximum atomic E-state index is 12.5. The highest BCUT2D eigenvalue weighted by molar-refractivity contribution is 6.32. The van der Waals surface area contributed by atoms with Crippen LogP contribution in [-0.2, 0) is 0 Å². The van der Waals surface area contributed by atoms with Crippen molar-refractivity contribution in [3.05, 3.63) is 52.8 Å². The summed E-state index contributed by atoms with van der Waals surface area (Å²) in [5, 5.41) is 3.46. The maximum absolute atomic E-state index is 12.5. The number of hydrogen-bond donors (Lipinski definition) is 2. The molecule has 3 rings (SSSR count). The topological polar surface area (TPSA) is 88.3 Å². The first kappa shape index (κ1) is 17.2. The average molecular weight is 359 g/mol. The number of aromatic nitrogens is 1. The third-order valence-corrected chi connectivity index (χ3v) is 4.46. The van der Waals surface area contributed by atoms with Gasteiger partial charge in [0.05, 0.1) is 22.5 Å². The number of anilines is 2. The van der Waals surface area contributed by atoms with Gasteiger partial charge < -0.3 is 11.1 Å². The molecule has 1 aromatic heterocycles. The first-order chi connectivity index (χ1) is 11.8. The summed E-state index contributed by atoms with van der Waals surface area (Å²) < 4.78 is 0. The van der Waals surface area contributed by atoms with E-state index in [2.05, 4.69) is 10.3 Å². The Morgan fingerprint density at radius 1 is 1.16 bits per heavy atom.